The maximum atomic E-state index is 12.6. The van der Waals surface area contributed by atoms with Gasteiger partial charge in [0, 0.05) is 31.3 Å². The van der Waals surface area contributed by atoms with Gasteiger partial charge in [0.1, 0.15) is 17.8 Å². The first kappa shape index (κ1) is 24.0. The second-order valence-corrected chi connectivity index (χ2v) is 9.27. The molecule has 3 rings (SSSR count). The summed E-state index contributed by atoms with van der Waals surface area (Å²) in [6, 6.07) is 0. The fraction of sp³-hybridized carbons (Fsp3) is 0.652. The summed E-state index contributed by atoms with van der Waals surface area (Å²) in [5.41, 5.74) is -1.02. The van der Waals surface area contributed by atoms with Crippen LogP contribution in [0.3, 0.4) is 0 Å². The molecular formula is C23H30O9. The lowest BCUT2D eigenvalue weighted by Crippen LogP contribution is -2.58. The van der Waals surface area contributed by atoms with Crippen LogP contribution in [0.5, 0.6) is 0 Å². The monoisotopic (exact) mass is 450 g/mol. The van der Waals surface area contributed by atoms with Crippen LogP contribution >= 0.6 is 0 Å². The molecule has 0 amide bonds. The molecule has 1 saturated carbocycles. The lowest BCUT2D eigenvalue weighted by Gasteiger charge is -2.42. The second kappa shape index (κ2) is 8.35. The van der Waals surface area contributed by atoms with E-state index >= 15 is 0 Å². The average Bonchev–Trinajstić information content (AvgIpc) is 3.10. The van der Waals surface area contributed by atoms with Gasteiger partial charge in [0.05, 0.1) is 11.8 Å². The molecule has 0 bridgehead atoms. The molecule has 0 aromatic heterocycles. The van der Waals surface area contributed by atoms with E-state index in [1.54, 1.807) is 26.8 Å². The average molecular weight is 450 g/mol. The van der Waals surface area contributed by atoms with Gasteiger partial charge in [-0.2, -0.15) is 0 Å². The standard InChI is InChI=1S/C23H30O9/c1-9(2)21(26)32-19-16-11(4)22(27)31-18(16)15-10(3)8-14(29-12(5)24)17(15)23(7,28)20(19)30-13(6)25/h8-9,14-20,28H,4H2,1-3,5-7H3/t14-,15-,16+,17-,18-,19-,20-,23+/m1/s1. The smallest absolute Gasteiger partial charge is 0.334 e. The van der Waals surface area contributed by atoms with Gasteiger partial charge in [-0.1, -0.05) is 26.0 Å². The van der Waals surface area contributed by atoms with Gasteiger partial charge in [-0.15, -0.1) is 0 Å². The Morgan fingerprint density at radius 3 is 2.25 bits per heavy atom. The van der Waals surface area contributed by atoms with E-state index in [-0.39, 0.29) is 5.57 Å². The number of rotatable bonds is 4. The molecule has 0 aromatic rings. The quantitative estimate of drug-likeness (QED) is 0.293. The van der Waals surface area contributed by atoms with Crippen molar-refractivity contribution in [3.63, 3.8) is 0 Å². The van der Waals surface area contributed by atoms with Crippen LogP contribution in [0.1, 0.15) is 41.5 Å². The molecule has 0 spiro atoms. The van der Waals surface area contributed by atoms with Crippen LogP contribution in [0.15, 0.2) is 23.8 Å². The topological polar surface area (TPSA) is 125 Å². The first-order chi connectivity index (χ1) is 14.8. The van der Waals surface area contributed by atoms with Crippen LogP contribution in [0.25, 0.3) is 0 Å². The predicted molar refractivity (Wildman–Crippen MR) is 110 cm³/mol. The Labute approximate surface area is 186 Å². The van der Waals surface area contributed by atoms with Gasteiger partial charge in [0.25, 0.3) is 0 Å². The van der Waals surface area contributed by atoms with Crippen molar-refractivity contribution in [1.29, 1.82) is 0 Å². The minimum atomic E-state index is -1.82. The van der Waals surface area contributed by atoms with E-state index in [1.807, 2.05) is 0 Å². The number of ether oxygens (including phenoxy) is 4. The van der Waals surface area contributed by atoms with E-state index < -0.39 is 77.6 Å². The van der Waals surface area contributed by atoms with Gasteiger partial charge in [-0.25, -0.2) is 4.79 Å². The minimum absolute atomic E-state index is 0.0638. The fourth-order valence-electron chi connectivity index (χ4n) is 5.19. The molecule has 2 aliphatic carbocycles. The van der Waals surface area contributed by atoms with Crippen LogP contribution < -0.4 is 0 Å². The summed E-state index contributed by atoms with van der Waals surface area (Å²) in [7, 11) is 0. The minimum Gasteiger partial charge on any atom is -0.458 e. The van der Waals surface area contributed by atoms with Crippen LogP contribution in [0, 0.1) is 23.7 Å². The van der Waals surface area contributed by atoms with Crippen molar-refractivity contribution in [3.8, 4) is 0 Å². The summed E-state index contributed by atoms with van der Waals surface area (Å²) in [5, 5.41) is 11.8. The first-order valence-corrected chi connectivity index (χ1v) is 10.6. The molecule has 0 unspecified atom stereocenters. The van der Waals surface area contributed by atoms with Crippen molar-refractivity contribution >= 4 is 23.9 Å². The molecule has 2 fully saturated rings. The Hall–Kier alpha value is -2.68. The third-order valence-electron chi connectivity index (χ3n) is 6.53. The zero-order valence-electron chi connectivity index (χ0n) is 19.1. The third kappa shape index (κ3) is 3.94. The molecule has 0 radical (unpaired) electrons. The fourth-order valence-corrected chi connectivity index (χ4v) is 5.19. The molecule has 1 N–H and O–H groups in total. The van der Waals surface area contributed by atoms with Gasteiger partial charge >= 0.3 is 23.9 Å². The summed E-state index contributed by atoms with van der Waals surface area (Å²) < 4.78 is 22.4. The summed E-state index contributed by atoms with van der Waals surface area (Å²) in [5.74, 6) is -5.31. The predicted octanol–water partition coefficient (Wildman–Crippen LogP) is 1.47. The molecule has 176 valence electrons. The van der Waals surface area contributed by atoms with Crippen molar-refractivity contribution in [2.45, 2.75) is 71.6 Å². The third-order valence-corrected chi connectivity index (χ3v) is 6.53. The lowest BCUT2D eigenvalue weighted by atomic mass is 9.74. The summed E-state index contributed by atoms with van der Waals surface area (Å²) >= 11 is 0. The van der Waals surface area contributed by atoms with E-state index in [1.165, 1.54) is 20.8 Å². The molecule has 1 heterocycles. The molecule has 1 aliphatic heterocycles. The van der Waals surface area contributed by atoms with Crippen LogP contribution in [-0.2, 0) is 38.1 Å². The Bertz CT molecular complexity index is 884. The van der Waals surface area contributed by atoms with E-state index in [2.05, 4.69) is 6.58 Å². The maximum absolute atomic E-state index is 12.6. The molecular weight excluding hydrogens is 420 g/mol. The number of carbonyl (C=O) groups is 4. The molecule has 3 aliphatic rings. The van der Waals surface area contributed by atoms with E-state index in [0.29, 0.717) is 0 Å². The Balaban J connectivity index is 2.20. The van der Waals surface area contributed by atoms with Crippen molar-refractivity contribution < 1.29 is 43.2 Å². The number of carbonyl (C=O) groups excluding carboxylic acids is 4. The normalized spacial score (nSPS) is 38.2. The molecule has 1 saturated heterocycles. The molecule has 32 heavy (non-hydrogen) atoms. The van der Waals surface area contributed by atoms with Gasteiger partial charge in [-0.05, 0) is 19.9 Å². The molecule has 0 aromatic carbocycles. The number of esters is 4. The second-order valence-electron chi connectivity index (χ2n) is 9.27. The van der Waals surface area contributed by atoms with Crippen molar-refractivity contribution in [3.05, 3.63) is 23.8 Å². The summed E-state index contributed by atoms with van der Waals surface area (Å²) in [6.45, 7) is 12.8. The zero-order valence-corrected chi connectivity index (χ0v) is 19.1. The SMILES string of the molecule is C=C1C(=O)O[C@H]2[C@H]1[C@@H](OC(=O)C(C)C)[C@@H](OC(C)=O)[C@@](C)(O)[C@H]1[C@H]2C(C)=C[C@H]1OC(C)=O. The number of fused-ring (bicyclic) bond motifs is 3. The Morgan fingerprint density at radius 2 is 1.72 bits per heavy atom. The van der Waals surface area contributed by atoms with Crippen LogP contribution in [0.4, 0.5) is 0 Å². The molecule has 8 atom stereocenters. The van der Waals surface area contributed by atoms with Crippen molar-refractivity contribution in [2.24, 2.45) is 23.7 Å². The van der Waals surface area contributed by atoms with Crippen LogP contribution in [-0.4, -0.2) is 59.0 Å². The van der Waals surface area contributed by atoms with E-state index in [0.717, 1.165) is 5.57 Å². The highest BCUT2D eigenvalue weighted by atomic mass is 16.6. The largest absolute Gasteiger partial charge is 0.458 e. The number of hydrogen-bond acceptors (Lipinski definition) is 9. The van der Waals surface area contributed by atoms with Crippen molar-refractivity contribution in [1.82, 2.24) is 0 Å². The molecule has 9 heteroatoms. The van der Waals surface area contributed by atoms with Crippen LogP contribution in [0.2, 0.25) is 0 Å². The number of aliphatic hydroxyl groups is 1. The zero-order chi connectivity index (χ0) is 24.1. The van der Waals surface area contributed by atoms with E-state index in [4.69, 9.17) is 18.9 Å². The summed E-state index contributed by atoms with van der Waals surface area (Å²) in [4.78, 5) is 48.9. The van der Waals surface area contributed by atoms with Crippen molar-refractivity contribution in [2.75, 3.05) is 0 Å². The number of hydrogen-bond donors (Lipinski definition) is 1. The van der Waals surface area contributed by atoms with Gasteiger partial charge in [0.2, 0.25) is 0 Å². The maximum Gasteiger partial charge on any atom is 0.334 e. The lowest BCUT2D eigenvalue weighted by molar-refractivity contribution is -0.205. The van der Waals surface area contributed by atoms with E-state index in [9.17, 15) is 24.3 Å². The Morgan fingerprint density at radius 1 is 1.12 bits per heavy atom. The van der Waals surface area contributed by atoms with Gasteiger partial charge in [-0.3, -0.25) is 14.4 Å². The van der Waals surface area contributed by atoms with Gasteiger partial charge < -0.3 is 24.1 Å². The summed E-state index contributed by atoms with van der Waals surface area (Å²) in [6.07, 6.45) is -2.62. The molecule has 9 nitrogen and oxygen atoms in total. The first-order valence-electron chi connectivity index (χ1n) is 10.6. The highest BCUT2D eigenvalue weighted by Crippen LogP contribution is 2.54. The van der Waals surface area contributed by atoms with Gasteiger partial charge in [0.15, 0.2) is 12.2 Å². The highest BCUT2D eigenvalue weighted by Gasteiger charge is 2.66. The highest BCUT2D eigenvalue weighted by molar-refractivity contribution is 5.91. The Kier molecular flexibility index (Phi) is 6.25.